The van der Waals surface area contributed by atoms with Crippen molar-refractivity contribution in [2.24, 2.45) is 0 Å². The zero-order valence-electron chi connectivity index (χ0n) is 10.0. The van der Waals surface area contributed by atoms with Crippen LogP contribution in [0.15, 0.2) is 18.3 Å². The minimum atomic E-state index is -0.400. The minimum Gasteiger partial charge on any atom is -0.467 e. The maximum Gasteiger partial charge on any atom is 0.330 e. The monoisotopic (exact) mass is 236 g/mol. The minimum absolute atomic E-state index is 0.284. The third kappa shape index (κ3) is 2.55. The number of esters is 1. The van der Waals surface area contributed by atoms with Gasteiger partial charge in [-0.15, -0.1) is 0 Å². The highest BCUT2D eigenvalue weighted by Crippen LogP contribution is 2.18. The van der Waals surface area contributed by atoms with Crippen molar-refractivity contribution in [3.63, 3.8) is 0 Å². The number of aryl methyl sites for hydroxylation is 1. The first kappa shape index (κ1) is 11.9. The van der Waals surface area contributed by atoms with Crippen LogP contribution in [0.2, 0.25) is 0 Å². The van der Waals surface area contributed by atoms with Crippen LogP contribution in [-0.2, 0) is 14.3 Å². The molecule has 0 saturated carbocycles. The Hall–Kier alpha value is -1.62. The van der Waals surface area contributed by atoms with Crippen LogP contribution in [0, 0.1) is 6.92 Å². The number of methoxy groups -OCH3 is 1. The van der Waals surface area contributed by atoms with E-state index in [-0.39, 0.29) is 5.97 Å². The van der Waals surface area contributed by atoms with E-state index in [4.69, 9.17) is 9.47 Å². The fourth-order valence-corrected chi connectivity index (χ4v) is 1.89. The molecule has 0 N–H and O–H groups in total. The number of hydrogen-bond acceptors (Lipinski definition) is 5. The molecule has 1 unspecified atom stereocenters. The molecule has 5 heteroatoms. The van der Waals surface area contributed by atoms with Crippen LogP contribution in [0.25, 0.3) is 0 Å². The van der Waals surface area contributed by atoms with Crippen LogP contribution < -0.4 is 4.90 Å². The molecule has 0 bridgehead atoms. The van der Waals surface area contributed by atoms with Crippen LogP contribution in [0.1, 0.15) is 5.56 Å². The van der Waals surface area contributed by atoms with Crippen LogP contribution in [-0.4, -0.2) is 43.9 Å². The summed E-state index contributed by atoms with van der Waals surface area (Å²) in [7, 11) is 1.39. The summed E-state index contributed by atoms with van der Waals surface area (Å²) in [5.41, 5.74) is 1.12. The normalized spacial score (nSPS) is 20.1. The largest absolute Gasteiger partial charge is 0.467 e. The lowest BCUT2D eigenvalue weighted by Crippen LogP contribution is -2.51. The van der Waals surface area contributed by atoms with Gasteiger partial charge in [0.2, 0.25) is 0 Å². The SMILES string of the molecule is COC(=O)C1COCCN1c1cc(C)ccn1. The summed E-state index contributed by atoms with van der Waals surface area (Å²) < 4.78 is 10.1. The van der Waals surface area contributed by atoms with E-state index in [0.717, 1.165) is 11.4 Å². The Kier molecular flexibility index (Phi) is 3.58. The van der Waals surface area contributed by atoms with Gasteiger partial charge in [0.05, 0.1) is 20.3 Å². The Morgan fingerprint density at radius 1 is 1.65 bits per heavy atom. The molecule has 5 nitrogen and oxygen atoms in total. The molecular weight excluding hydrogens is 220 g/mol. The molecule has 1 aliphatic rings. The van der Waals surface area contributed by atoms with Gasteiger partial charge >= 0.3 is 5.97 Å². The van der Waals surface area contributed by atoms with E-state index in [1.54, 1.807) is 6.20 Å². The van der Waals surface area contributed by atoms with Gasteiger partial charge in [-0.1, -0.05) is 0 Å². The van der Waals surface area contributed by atoms with Crippen molar-refractivity contribution in [3.05, 3.63) is 23.9 Å². The van der Waals surface area contributed by atoms with Gasteiger partial charge in [-0.2, -0.15) is 0 Å². The van der Waals surface area contributed by atoms with Crippen LogP contribution >= 0.6 is 0 Å². The van der Waals surface area contributed by atoms with Gasteiger partial charge in [0.15, 0.2) is 6.04 Å². The number of carbonyl (C=O) groups is 1. The van der Waals surface area contributed by atoms with Gasteiger partial charge in [0, 0.05) is 12.7 Å². The average molecular weight is 236 g/mol. The Balaban J connectivity index is 2.24. The van der Waals surface area contributed by atoms with E-state index in [1.807, 2.05) is 24.0 Å². The first-order valence-corrected chi connectivity index (χ1v) is 5.57. The van der Waals surface area contributed by atoms with E-state index < -0.39 is 6.04 Å². The summed E-state index contributed by atoms with van der Waals surface area (Å²) in [6.07, 6.45) is 1.74. The quantitative estimate of drug-likeness (QED) is 0.710. The smallest absolute Gasteiger partial charge is 0.330 e. The fraction of sp³-hybridized carbons (Fsp3) is 0.500. The van der Waals surface area contributed by atoms with Crippen molar-refractivity contribution in [3.8, 4) is 0 Å². The lowest BCUT2D eigenvalue weighted by Gasteiger charge is -2.34. The second-order valence-electron chi connectivity index (χ2n) is 4.00. The van der Waals surface area contributed by atoms with Crippen molar-refractivity contribution in [1.82, 2.24) is 4.98 Å². The standard InChI is InChI=1S/C12H16N2O3/c1-9-3-4-13-11(7-9)14-5-6-17-8-10(14)12(15)16-2/h3-4,7,10H,5-6,8H2,1-2H3. The lowest BCUT2D eigenvalue weighted by molar-refractivity contribution is -0.144. The van der Waals surface area contributed by atoms with Gasteiger partial charge in [0.25, 0.3) is 0 Å². The maximum absolute atomic E-state index is 11.7. The summed E-state index contributed by atoms with van der Waals surface area (Å²) in [4.78, 5) is 17.9. The first-order valence-electron chi connectivity index (χ1n) is 5.57. The number of anilines is 1. The highest BCUT2D eigenvalue weighted by Gasteiger charge is 2.31. The molecule has 1 atom stereocenters. The summed E-state index contributed by atoms with van der Waals surface area (Å²) in [5.74, 6) is 0.511. The molecule has 1 fully saturated rings. The number of morpholine rings is 1. The summed E-state index contributed by atoms with van der Waals surface area (Å²) in [6.45, 7) is 3.60. The molecule has 0 aliphatic carbocycles. The van der Waals surface area contributed by atoms with Gasteiger partial charge in [0.1, 0.15) is 5.82 Å². The van der Waals surface area contributed by atoms with Crippen molar-refractivity contribution < 1.29 is 14.3 Å². The molecule has 2 rings (SSSR count). The van der Waals surface area contributed by atoms with Crippen molar-refractivity contribution in [2.75, 3.05) is 31.8 Å². The van der Waals surface area contributed by atoms with Gasteiger partial charge in [-0.25, -0.2) is 9.78 Å². The van der Waals surface area contributed by atoms with E-state index >= 15 is 0 Å². The average Bonchev–Trinajstić information content (AvgIpc) is 2.38. The highest BCUT2D eigenvalue weighted by atomic mass is 16.5. The zero-order valence-corrected chi connectivity index (χ0v) is 10.0. The van der Waals surface area contributed by atoms with E-state index in [9.17, 15) is 4.79 Å². The number of ether oxygens (including phenoxy) is 2. The molecule has 0 aromatic carbocycles. The highest BCUT2D eigenvalue weighted by molar-refractivity contribution is 5.80. The third-order valence-electron chi connectivity index (χ3n) is 2.80. The van der Waals surface area contributed by atoms with Gasteiger partial charge in [-0.3, -0.25) is 0 Å². The molecule has 1 aromatic rings. The Bertz CT molecular complexity index is 408. The molecule has 2 heterocycles. The summed E-state index contributed by atoms with van der Waals surface area (Å²) >= 11 is 0. The predicted molar refractivity (Wildman–Crippen MR) is 62.9 cm³/mol. The molecule has 1 aromatic heterocycles. The fourth-order valence-electron chi connectivity index (χ4n) is 1.89. The van der Waals surface area contributed by atoms with E-state index in [1.165, 1.54) is 7.11 Å². The molecule has 1 saturated heterocycles. The van der Waals surface area contributed by atoms with Crippen LogP contribution in [0.4, 0.5) is 5.82 Å². The van der Waals surface area contributed by atoms with Gasteiger partial charge in [-0.05, 0) is 24.6 Å². The Labute approximate surface area is 100 Å². The number of carbonyl (C=O) groups excluding carboxylic acids is 1. The number of nitrogens with zero attached hydrogens (tertiary/aromatic N) is 2. The van der Waals surface area contributed by atoms with Crippen LogP contribution in [0.5, 0.6) is 0 Å². The maximum atomic E-state index is 11.7. The predicted octanol–water partition coefficient (Wildman–Crippen LogP) is 0.768. The van der Waals surface area contributed by atoms with Gasteiger partial charge < -0.3 is 14.4 Å². The summed E-state index contributed by atoms with van der Waals surface area (Å²) in [5, 5.41) is 0. The molecule has 0 spiro atoms. The molecule has 17 heavy (non-hydrogen) atoms. The molecule has 0 radical (unpaired) electrons. The molecule has 0 amide bonds. The first-order chi connectivity index (χ1) is 8.22. The zero-order chi connectivity index (χ0) is 12.3. The van der Waals surface area contributed by atoms with Crippen molar-refractivity contribution >= 4 is 11.8 Å². The number of aromatic nitrogens is 1. The third-order valence-corrected chi connectivity index (χ3v) is 2.80. The second-order valence-corrected chi connectivity index (χ2v) is 4.00. The van der Waals surface area contributed by atoms with E-state index in [0.29, 0.717) is 19.8 Å². The van der Waals surface area contributed by atoms with Crippen molar-refractivity contribution in [2.45, 2.75) is 13.0 Å². The van der Waals surface area contributed by atoms with E-state index in [2.05, 4.69) is 4.98 Å². The lowest BCUT2D eigenvalue weighted by atomic mass is 10.2. The molecule has 1 aliphatic heterocycles. The Morgan fingerprint density at radius 3 is 3.18 bits per heavy atom. The number of rotatable bonds is 2. The molecule has 92 valence electrons. The Morgan fingerprint density at radius 2 is 2.47 bits per heavy atom. The molecular formula is C12H16N2O3. The summed E-state index contributed by atoms with van der Waals surface area (Å²) in [6, 6.07) is 3.49. The second kappa shape index (κ2) is 5.14. The number of hydrogen-bond donors (Lipinski definition) is 0. The van der Waals surface area contributed by atoms with Crippen LogP contribution in [0.3, 0.4) is 0 Å². The topological polar surface area (TPSA) is 51.7 Å². The van der Waals surface area contributed by atoms with Crippen molar-refractivity contribution in [1.29, 1.82) is 0 Å². The number of pyridine rings is 1.